The van der Waals surface area contributed by atoms with E-state index in [4.69, 9.17) is 25.0 Å². The summed E-state index contributed by atoms with van der Waals surface area (Å²) in [5.41, 5.74) is 6.14. The third-order valence-corrected chi connectivity index (χ3v) is 4.92. The lowest BCUT2D eigenvalue weighted by molar-refractivity contribution is -0.162. The first-order valence-electron chi connectivity index (χ1n) is 10.1. The largest absolute Gasteiger partial charge is 0.458 e. The van der Waals surface area contributed by atoms with E-state index in [-0.39, 0.29) is 42.2 Å². The lowest BCUT2D eigenvalue weighted by Crippen LogP contribution is -2.39. The Kier molecular flexibility index (Phi) is 6.45. The number of nitrogen functional groups attached to an aromatic ring is 1. The van der Waals surface area contributed by atoms with Gasteiger partial charge >= 0.3 is 5.97 Å². The molecule has 0 aliphatic heterocycles. The van der Waals surface area contributed by atoms with Gasteiger partial charge in [-0.05, 0) is 70.7 Å². The van der Waals surface area contributed by atoms with Crippen LogP contribution in [0.5, 0.6) is 0 Å². The number of esters is 1. The number of amides is 1. The Morgan fingerprint density at radius 3 is 2.53 bits per heavy atom. The molecule has 1 fully saturated rings. The van der Waals surface area contributed by atoms with Crippen molar-refractivity contribution in [3.8, 4) is 0 Å². The minimum atomic E-state index is -0.521. The van der Waals surface area contributed by atoms with Crippen molar-refractivity contribution in [1.29, 1.82) is 5.41 Å². The second-order valence-electron chi connectivity index (χ2n) is 8.62. The maximum atomic E-state index is 12.6. The minimum Gasteiger partial charge on any atom is -0.458 e. The molecule has 1 aromatic heterocycles. The minimum absolute atomic E-state index is 0.0122. The predicted molar refractivity (Wildman–Crippen MR) is 113 cm³/mol. The molecule has 0 radical (unpaired) electrons. The number of hydrogen-bond acceptors (Lipinski definition) is 6. The Balaban J connectivity index is 1.48. The monoisotopic (exact) mass is 415 g/mol. The highest BCUT2D eigenvalue weighted by Gasteiger charge is 2.25. The number of hydrogen-bond donors (Lipinski definition) is 3. The highest BCUT2D eigenvalue weighted by molar-refractivity contribution is 6.00. The first-order chi connectivity index (χ1) is 14.1. The number of nitrogens with two attached hydrogens (primary N) is 1. The van der Waals surface area contributed by atoms with Crippen LogP contribution in [-0.4, -0.2) is 42.1 Å². The number of ether oxygens (including phenoxy) is 2. The molecule has 4 N–H and O–H groups in total. The molecule has 30 heavy (non-hydrogen) atoms. The molecule has 8 nitrogen and oxygen atoms in total. The van der Waals surface area contributed by atoms with Crippen molar-refractivity contribution in [1.82, 2.24) is 5.32 Å². The first kappa shape index (κ1) is 21.8. The number of carbonyl (C=O) groups excluding carboxylic acids is 2. The quantitative estimate of drug-likeness (QED) is 0.378. The van der Waals surface area contributed by atoms with Crippen LogP contribution in [0.3, 0.4) is 0 Å². The van der Waals surface area contributed by atoms with E-state index in [0.29, 0.717) is 11.1 Å². The number of furan rings is 1. The van der Waals surface area contributed by atoms with E-state index in [0.717, 1.165) is 31.1 Å². The molecule has 3 rings (SSSR count). The standard InChI is InChI=1S/C22H29N3O5/c1-22(2,3)30-19(26)12-28-16-7-5-15(6-8-16)25-21(27)18-11-14-10-13(20(23)24)4-9-17(14)29-18/h4,9-11,15-16H,5-8,12H2,1-3H3,(H3,23,24)(H,25,27)/t15-,16-. The van der Waals surface area contributed by atoms with Crippen LogP contribution in [0.25, 0.3) is 11.0 Å². The smallest absolute Gasteiger partial charge is 0.332 e. The molecule has 1 heterocycles. The molecule has 1 amide bonds. The fraction of sp³-hybridized carbons (Fsp3) is 0.500. The van der Waals surface area contributed by atoms with Gasteiger partial charge in [-0.3, -0.25) is 10.2 Å². The third-order valence-electron chi connectivity index (χ3n) is 4.92. The number of carbonyl (C=O) groups is 2. The van der Waals surface area contributed by atoms with Crippen molar-refractivity contribution in [2.75, 3.05) is 6.61 Å². The van der Waals surface area contributed by atoms with Gasteiger partial charge in [0.2, 0.25) is 0 Å². The summed E-state index contributed by atoms with van der Waals surface area (Å²) in [7, 11) is 0. The number of benzene rings is 1. The van der Waals surface area contributed by atoms with Crippen LogP contribution in [0.1, 0.15) is 62.6 Å². The van der Waals surface area contributed by atoms with Gasteiger partial charge in [0.25, 0.3) is 5.91 Å². The fourth-order valence-corrected chi connectivity index (χ4v) is 3.51. The average Bonchev–Trinajstić information content (AvgIpc) is 3.09. The molecule has 0 atom stereocenters. The van der Waals surface area contributed by atoms with Crippen LogP contribution in [-0.2, 0) is 14.3 Å². The molecule has 1 saturated carbocycles. The van der Waals surface area contributed by atoms with Crippen molar-refractivity contribution in [2.24, 2.45) is 5.73 Å². The number of nitrogens with one attached hydrogen (secondary N) is 2. The molecule has 1 aliphatic rings. The van der Waals surface area contributed by atoms with Gasteiger partial charge in [-0.1, -0.05) is 0 Å². The van der Waals surface area contributed by atoms with Crippen LogP contribution >= 0.6 is 0 Å². The zero-order valence-electron chi connectivity index (χ0n) is 17.6. The molecule has 0 unspecified atom stereocenters. The Morgan fingerprint density at radius 1 is 1.20 bits per heavy atom. The number of fused-ring (bicyclic) bond motifs is 1. The Morgan fingerprint density at radius 2 is 1.90 bits per heavy atom. The molecule has 8 heteroatoms. The SMILES string of the molecule is CC(C)(C)OC(=O)CO[C@H]1CC[C@H](NC(=O)c2cc3cc(C(=N)N)ccc3o2)CC1. The summed E-state index contributed by atoms with van der Waals surface area (Å²) in [6.07, 6.45) is 3.03. The van der Waals surface area contributed by atoms with Crippen molar-refractivity contribution in [3.05, 3.63) is 35.6 Å². The van der Waals surface area contributed by atoms with Gasteiger partial charge in [-0.25, -0.2) is 4.79 Å². The average molecular weight is 415 g/mol. The van der Waals surface area contributed by atoms with Crippen molar-refractivity contribution >= 4 is 28.7 Å². The van der Waals surface area contributed by atoms with Gasteiger partial charge in [0, 0.05) is 17.0 Å². The fourth-order valence-electron chi connectivity index (χ4n) is 3.51. The summed E-state index contributed by atoms with van der Waals surface area (Å²) in [6, 6.07) is 6.81. The van der Waals surface area contributed by atoms with E-state index in [1.807, 2.05) is 20.8 Å². The van der Waals surface area contributed by atoms with Crippen LogP contribution < -0.4 is 11.1 Å². The Labute approximate surface area is 175 Å². The third kappa shape index (κ3) is 5.82. The highest BCUT2D eigenvalue weighted by Crippen LogP contribution is 2.24. The summed E-state index contributed by atoms with van der Waals surface area (Å²) in [5, 5.41) is 11.2. The first-order valence-corrected chi connectivity index (χ1v) is 10.1. The lowest BCUT2D eigenvalue weighted by atomic mass is 9.93. The van der Waals surface area contributed by atoms with Gasteiger partial charge in [0.1, 0.15) is 23.6 Å². The van der Waals surface area contributed by atoms with Gasteiger partial charge in [-0.15, -0.1) is 0 Å². The van der Waals surface area contributed by atoms with E-state index in [1.54, 1.807) is 24.3 Å². The summed E-state index contributed by atoms with van der Waals surface area (Å²) in [4.78, 5) is 24.3. The van der Waals surface area contributed by atoms with Gasteiger partial charge < -0.3 is 24.9 Å². The normalized spacial score (nSPS) is 19.4. The zero-order chi connectivity index (χ0) is 21.9. The van der Waals surface area contributed by atoms with Gasteiger partial charge in [-0.2, -0.15) is 0 Å². The molecule has 162 valence electrons. The van der Waals surface area contributed by atoms with Gasteiger partial charge in [0.05, 0.1) is 6.10 Å². The molecule has 2 aromatic rings. The van der Waals surface area contributed by atoms with Crippen LogP contribution in [0.15, 0.2) is 28.7 Å². The summed E-state index contributed by atoms with van der Waals surface area (Å²) in [6.45, 7) is 5.41. The van der Waals surface area contributed by atoms with Crippen molar-refractivity contribution in [3.63, 3.8) is 0 Å². The maximum absolute atomic E-state index is 12.6. The Bertz CT molecular complexity index is 936. The molecule has 1 aliphatic carbocycles. The van der Waals surface area contributed by atoms with Gasteiger partial charge in [0.15, 0.2) is 5.76 Å². The zero-order valence-corrected chi connectivity index (χ0v) is 17.6. The van der Waals surface area contributed by atoms with Crippen LogP contribution in [0, 0.1) is 5.41 Å². The van der Waals surface area contributed by atoms with E-state index in [9.17, 15) is 9.59 Å². The van der Waals surface area contributed by atoms with E-state index in [1.165, 1.54) is 0 Å². The van der Waals surface area contributed by atoms with E-state index < -0.39 is 5.60 Å². The van der Waals surface area contributed by atoms with Crippen molar-refractivity contribution in [2.45, 2.75) is 64.2 Å². The van der Waals surface area contributed by atoms with Crippen LogP contribution in [0.2, 0.25) is 0 Å². The maximum Gasteiger partial charge on any atom is 0.332 e. The predicted octanol–water partition coefficient (Wildman–Crippen LogP) is 3.12. The van der Waals surface area contributed by atoms with E-state index in [2.05, 4.69) is 5.32 Å². The Hall–Kier alpha value is -2.87. The summed E-state index contributed by atoms with van der Waals surface area (Å²) < 4.78 is 16.5. The molecular weight excluding hydrogens is 386 g/mol. The molecule has 0 bridgehead atoms. The molecule has 1 aromatic carbocycles. The second kappa shape index (κ2) is 8.87. The van der Waals surface area contributed by atoms with Crippen molar-refractivity contribution < 1.29 is 23.5 Å². The highest BCUT2D eigenvalue weighted by atomic mass is 16.6. The molecular formula is C22H29N3O5. The second-order valence-corrected chi connectivity index (χ2v) is 8.62. The number of amidine groups is 1. The van der Waals surface area contributed by atoms with E-state index >= 15 is 0 Å². The lowest BCUT2D eigenvalue weighted by Gasteiger charge is -2.29. The summed E-state index contributed by atoms with van der Waals surface area (Å²) in [5.74, 6) is -0.437. The molecule has 0 saturated heterocycles. The number of rotatable bonds is 6. The summed E-state index contributed by atoms with van der Waals surface area (Å²) >= 11 is 0. The topological polar surface area (TPSA) is 128 Å². The van der Waals surface area contributed by atoms with Crippen LogP contribution in [0.4, 0.5) is 0 Å². The molecule has 0 spiro atoms.